The third-order valence-corrected chi connectivity index (χ3v) is 3.00. The quantitative estimate of drug-likeness (QED) is 0.437. The van der Waals surface area contributed by atoms with Gasteiger partial charge in [-0.05, 0) is 32.5 Å². The molecule has 0 aromatic carbocycles. The zero-order valence-electron chi connectivity index (χ0n) is 10.4. The number of halogens is 1. The van der Waals surface area contributed by atoms with E-state index in [9.17, 15) is 0 Å². The second kappa shape index (κ2) is 12.3. The van der Waals surface area contributed by atoms with E-state index in [1.54, 1.807) is 0 Å². The van der Waals surface area contributed by atoms with E-state index in [1.165, 1.54) is 32.2 Å². The molecule has 1 N–H and O–H groups in total. The van der Waals surface area contributed by atoms with Gasteiger partial charge >= 0.3 is 0 Å². The van der Waals surface area contributed by atoms with Crippen molar-refractivity contribution in [2.24, 2.45) is 0 Å². The Morgan fingerprint density at radius 2 is 1.60 bits per heavy atom. The van der Waals surface area contributed by atoms with Crippen molar-refractivity contribution in [3.05, 3.63) is 0 Å². The van der Waals surface area contributed by atoms with Crippen molar-refractivity contribution in [1.82, 2.24) is 10.2 Å². The van der Waals surface area contributed by atoms with Gasteiger partial charge in [-0.2, -0.15) is 0 Å². The first-order valence-electron chi connectivity index (χ1n) is 6.34. The third kappa shape index (κ3) is 10.5. The molecule has 0 unspecified atom stereocenters. The molecular formula is C12H27ClN2. The van der Waals surface area contributed by atoms with Gasteiger partial charge in [-0.1, -0.05) is 26.7 Å². The van der Waals surface area contributed by atoms with Crippen molar-refractivity contribution in [2.75, 3.05) is 38.6 Å². The first kappa shape index (κ1) is 15.2. The van der Waals surface area contributed by atoms with E-state index in [-0.39, 0.29) is 0 Å². The predicted octanol–water partition coefficient (Wildman–Crippen LogP) is 2.72. The van der Waals surface area contributed by atoms with E-state index in [0.717, 1.165) is 32.1 Å². The highest BCUT2D eigenvalue weighted by Gasteiger charge is 1.96. The molecule has 0 rings (SSSR count). The Hall–Kier alpha value is 0.210. The highest BCUT2D eigenvalue weighted by atomic mass is 35.5. The summed E-state index contributed by atoms with van der Waals surface area (Å²) in [5.41, 5.74) is 0. The maximum absolute atomic E-state index is 5.61. The molecule has 0 atom stereocenters. The van der Waals surface area contributed by atoms with Gasteiger partial charge in [0.2, 0.25) is 0 Å². The molecule has 0 aromatic heterocycles. The Bertz CT molecular complexity index is 116. The van der Waals surface area contributed by atoms with Crippen LogP contribution in [0.3, 0.4) is 0 Å². The van der Waals surface area contributed by atoms with Crippen molar-refractivity contribution in [2.45, 2.75) is 39.5 Å². The summed E-state index contributed by atoms with van der Waals surface area (Å²) in [6, 6.07) is 0. The lowest BCUT2D eigenvalue weighted by Gasteiger charge is -2.17. The SMILES string of the molecule is CCN(CC)CCNCCCCCCCl. The lowest BCUT2D eigenvalue weighted by Crippen LogP contribution is -2.32. The molecule has 0 saturated heterocycles. The van der Waals surface area contributed by atoms with Gasteiger partial charge in [-0.3, -0.25) is 0 Å². The molecule has 0 spiro atoms. The summed E-state index contributed by atoms with van der Waals surface area (Å²) in [4.78, 5) is 2.44. The number of hydrogen-bond donors (Lipinski definition) is 1. The highest BCUT2D eigenvalue weighted by Crippen LogP contribution is 1.99. The van der Waals surface area contributed by atoms with Crippen LogP contribution in [-0.2, 0) is 0 Å². The van der Waals surface area contributed by atoms with Crippen LogP contribution in [-0.4, -0.2) is 43.5 Å². The van der Waals surface area contributed by atoms with E-state index in [1.807, 2.05) is 0 Å². The lowest BCUT2D eigenvalue weighted by atomic mass is 10.2. The summed E-state index contributed by atoms with van der Waals surface area (Å²) in [6.07, 6.45) is 5.04. The Labute approximate surface area is 100 Å². The maximum atomic E-state index is 5.61. The fraction of sp³-hybridized carbons (Fsp3) is 1.00. The summed E-state index contributed by atoms with van der Waals surface area (Å²) in [5.74, 6) is 0.815. The molecule has 0 heterocycles. The third-order valence-electron chi connectivity index (χ3n) is 2.74. The summed E-state index contributed by atoms with van der Waals surface area (Å²) >= 11 is 5.61. The van der Waals surface area contributed by atoms with E-state index in [2.05, 4.69) is 24.1 Å². The maximum Gasteiger partial charge on any atom is 0.0223 e. The Morgan fingerprint density at radius 1 is 0.933 bits per heavy atom. The molecule has 0 amide bonds. The smallest absolute Gasteiger partial charge is 0.0223 e. The molecule has 2 nitrogen and oxygen atoms in total. The van der Waals surface area contributed by atoms with Gasteiger partial charge in [0.15, 0.2) is 0 Å². The van der Waals surface area contributed by atoms with Crippen molar-refractivity contribution in [3.63, 3.8) is 0 Å². The predicted molar refractivity (Wildman–Crippen MR) is 69.8 cm³/mol. The number of unbranched alkanes of at least 4 members (excludes halogenated alkanes) is 3. The molecule has 0 aliphatic heterocycles. The average Bonchev–Trinajstić information content (AvgIpc) is 2.27. The van der Waals surface area contributed by atoms with E-state index in [0.29, 0.717) is 0 Å². The van der Waals surface area contributed by atoms with Crippen LogP contribution in [0.2, 0.25) is 0 Å². The van der Waals surface area contributed by atoms with Crippen molar-refractivity contribution in [3.8, 4) is 0 Å². The second-order valence-electron chi connectivity index (χ2n) is 3.88. The zero-order valence-corrected chi connectivity index (χ0v) is 11.2. The number of rotatable bonds is 11. The minimum absolute atomic E-state index is 0.815. The first-order chi connectivity index (χ1) is 7.35. The van der Waals surface area contributed by atoms with Crippen molar-refractivity contribution < 1.29 is 0 Å². The zero-order chi connectivity index (χ0) is 11.4. The molecule has 15 heavy (non-hydrogen) atoms. The largest absolute Gasteiger partial charge is 0.315 e. The van der Waals surface area contributed by atoms with Crippen LogP contribution in [0, 0.1) is 0 Å². The van der Waals surface area contributed by atoms with Gasteiger partial charge in [0.05, 0.1) is 0 Å². The topological polar surface area (TPSA) is 15.3 Å². The van der Waals surface area contributed by atoms with Gasteiger partial charge in [-0.25, -0.2) is 0 Å². The molecule has 92 valence electrons. The summed E-state index contributed by atoms with van der Waals surface area (Å²) in [5, 5.41) is 3.49. The summed E-state index contributed by atoms with van der Waals surface area (Å²) in [7, 11) is 0. The van der Waals surface area contributed by atoms with Crippen LogP contribution in [0.25, 0.3) is 0 Å². The normalized spacial score (nSPS) is 11.2. The Morgan fingerprint density at radius 3 is 2.20 bits per heavy atom. The van der Waals surface area contributed by atoms with Crippen molar-refractivity contribution >= 4 is 11.6 Å². The standard InChI is InChI=1S/C12H27ClN2/c1-3-15(4-2)12-11-14-10-8-6-5-7-9-13/h14H,3-12H2,1-2H3. The van der Waals surface area contributed by atoms with Crippen LogP contribution in [0.15, 0.2) is 0 Å². The number of nitrogens with zero attached hydrogens (tertiary/aromatic N) is 1. The van der Waals surface area contributed by atoms with E-state index >= 15 is 0 Å². The fourth-order valence-electron chi connectivity index (χ4n) is 1.60. The average molecular weight is 235 g/mol. The Kier molecular flexibility index (Phi) is 12.5. The molecule has 0 radical (unpaired) electrons. The van der Waals surface area contributed by atoms with Crippen molar-refractivity contribution in [1.29, 1.82) is 0 Å². The minimum atomic E-state index is 0.815. The van der Waals surface area contributed by atoms with Gasteiger partial charge in [0.1, 0.15) is 0 Å². The lowest BCUT2D eigenvalue weighted by molar-refractivity contribution is 0.302. The number of hydrogen-bond acceptors (Lipinski definition) is 2. The molecule has 0 bridgehead atoms. The number of nitrogens with one attached hydrogen (secondary N) is 1. The highest BCUT2D eigenvalue weighted by molar-refractivity contribution is 6.17. The fourth-order valence-corrected chi connectivity index (χ4v) is 1.79. The van der Waals surface area contributed by atoms with Gasteiger partial charge in [-0.15, -0.1) is 11.6 Å². The number of alkyl halides is 1. The molecule has 0 saturated carbocycles. The van der Waals surface area contributed by atoms with Gasteiger partial charge in [0, 0.05) is 19.0 Å². The van der Waals surface area contributed by atoms with Gasteiger partial charge in [0.25, 0.3) is 0 Å². The Balaban J connectivity index is 3.04. The van der Waals surface area contributed by atoms with E-state index < -0.39 is 0 Å². The van der Waals surface area contributed by atoms with Crippen LogP contribution in [0.5, 0.6) is 0 Å². The summed E-state index contributed by atoms with van der Waals surface area (Å²) < 4.78 is 0. The molecule has 3 heteroatoms. The van der Waals surface area contributed by atoms with Crippen LogP contribution >= 0.6 is 11.6 Å². The summed E-state index contributed by atoms with van der Waals surface area (Å²) in [6.45, 7) is 10.2. The molecule has 0 aliphatic carbocycles. The van der Waals surface area contributed by atoms with E-state index in [4.69, 9.17) is 11.6 Å². The molecular weight excluding hydrogens is 208 g/mol. The molecule has 0 aliphatic rings. The van der Waals surface area contributed by atoms with Gasteiger partial charge < -0.3 is 10.2 Å². The van der Waals surface area contributed by atoms with Crippen LogP contribution in [0.4, 0.5) is 0 Å². The first-order valence-corrected chi connectivity index (χ1v) is 6.87. The van der Waals surface area contributed by atoms with Crippen LogP contribution < -0.4 is 5.32 Å². The van der Waals surface area contributed by atoms with Crippen LogP contribution in [0.1, 0.15) is 39.5 Å². The molecule has 0 fully saturated rings. The second-order valence-corrected chi connectivity index (χ2v) is 4.26. The monoisotopic (exact) mass is 234 g/mol. The number of likely N-dealkylation sites (N-methyl/N-ethyl adjacent to an activating group) is 1. The molecule has 0 aromatic rings. The minimum Gasteiger partial charge on any atom is -0.315 e.